The molecule has 0 heterocycles. The molecule has 0 aliphatic heterocycles. The molecule has 208 valence electrons. The van der Waals surface area contributed by atoms with E-state index in [9.17, 15) is 18.3 Å². The number of ether oxygens (including phenoxy) is 1. The summed E-state index contributed by atoms with van der Waals surface area (Å²) in [7, 11) is -3.86. The summed E-state index contributed by atoms with van der Waals surface area (Å²) in [4.78, 5) is 11.8. The highest BCUT2D eigenvalue weighted by Crippen LogP contribution is 2.27. The van der Waals surface area contributed by atoms with Crippen molar-refractivity contribution >= 4 is 15.8 Å². The van der Waals surface area contributed by atoms with Crippen LogP contribution in [0.3, 0.4) is 0 Å². The highest BCUT2D eigenvalue weighted by atomic mass is 32.2. The Morgan fingerprint density at radius 1 is 0.700 bits per heavy atom. The van der Waals surface area contributed by atoms with Crippen LogP contribution < -0.4 is 4.74 Å². The molecule has 1 atom stereocenters. The Hall–Kier alpha value is -3.90. The summed E-state index contributed by atoms with van der Waals surface area (Å²) >= 11 is 0. The quantitative estimate of drug-likeness (QED) is 0.225. The van der Waals surface area contributed by atoms with Crippen LogP contribution in [-0.2, 0) is 29.3 Å². The van der Waals surface area contributed by atoms with E-state index in [2.05, 4.69) is 38.1 Å². The normalized spacial score (nSPS) is 12.2. The van der Waals surface area contributed by atoms with Gasteiger partial charge in [-0.05, 0) is 94.0 Å². The molecule has 0 aliphatic rings. The summed E-state index contributed by atoms with van der Waals surface area (Å²) in [6.07, 6.45) is 0.592. The molecule has 0 aromatic heterocycles. The molecule has 0 saturated heterocycles. The zero-order chi connectivity index (χ0) is 29.0. The highest BCUT2D eigenvalue weighted by molar-refractivity contribution is 7.92. The van der Waals surface area contributed by atoms with E-state index in [-0.39, 0.29) is 16.9 Å². The Morgan fingerprint density at radius 2 is 1.23 bits per heavy atom. The topological polar surface area (TPSA) is 80.7 Å². The number of carbonyl (C=O) groups is 1. The number of carboxylic acid groups (broad SMARTS) is 1. The fraction of sp³-hybridized carbons (Fsp3) is 0.265. The van der Waals surface area contributed by atoms with E-state index in [0.717, 1.165) is 27.8 Å². The number of hydrogen-bond acceptors (Lipinski definition) is 4. The smallest absolute Gasteiger partial charge is 0.335 e. The second kappa shape index (κ2) is 12.1. The third-order valence-corrected chi connectivity index (χ3v) is 9.15. The molecule has 1 unspecified atom stereocenters. The fourth-order valence-electron chi connectivity index (χ4n) is 5.25. The number of aromatic carboxylic acids is 1. The van der Waals surface area contributed by atoms with Gasteiger partial charge in [0.25, 0.3) is 0 Å². The predicted molar refractivity (Wildman–Crippen MR) is 159 cm³/mol. The van der Waals surface area contributed by atoms with Crippen molar-refractivity contribution in [2.75, 3.05) is 0 Å². The van der Waals surface area contributed by atoms with Gasteiger partial charge in [0.1, 0.15) is 12.4 Å². The van der Waals surface area contributed by atoms with Crippen molar-refractivity contribution < 1.29 is 23.1 Å². The van der Waals surface area contributed by atoms with E-state index in [1.165, 1.54) is 23.3 Å². The molecular weight excluding hydrogens is 520 g/mol. The minimum atomic E-state index is -3.86. The molecule has 5 nitrogen and oxygen atoms in total. The van der Waals surface area contributed by atoms with E-state index in [1.54, 1.807) is 13.0 Å². The maximum Gasteiger partial charge on any atom is 0.335 e. The van der Waals surface area contributed by atoms with Gasteiger partial charge < -0.3 is 9.84 Å². The van der Waals surface area contributed by atoms with Crippen LogP contribution in [0.15, 0.2) is 83.8 Å². The molecule has 0 fully saturated rings. The number of rotatable bonds is 10. The summed E-state index contributed by atoms with van der Waals surface area (Å²) in [6.45, 7) is 10.2. The number of benzene rings is 4. The average Bonchev–Trinajstić information content (AvgIpc) is 2.86. The van der Waals surface area contributed by atoms with Crippen molar-refractivity contribution in [3.05, 3.63) is 129 Å². The van der Waals surface area contributed by atoms with Gasteiger partial charge in [-0.25, -0.2) is 13.2 Å². The van der Waals surface area contributed by atoms with Crippen LogP contribution in [0.1, 0.15) is 54.9 Å². The van der Waals surface area contributed by atoms with Gasteiger partial charge in [0.05, 0.1) is 15.7 Å². The predicted octanol–water partition coefficient (Wildman–Crippen LogP) is 7.13. The molecule has 4 aromatic carbocycles. The van der Waals surface area contributed by atoms with Crippen LogP contribution in [0, 0.1) is 34.6 Å². The first-order chi connectivity index (χ1) is 18.9. The lowest BCUT2D eigenvalue weighted by atomic mass is 10.0. The summed E-state index contributed by atoms with van der Waals surface area (Å²) in [5, 5.41) is 8.81. The molecule has 4 aromatic rings. The van der Waals surface area contributed by atoms with Gasteiger partial charge in [-0.3, -0.25) is 0 Å². The average molecular weight is 557 g/mol. The molecule has 0 radical (unpaired) electrons. The molecule has 4 rings (SSSR count). The SMILES string of the molecule is Cc1cc(C)cc(COc2ccc(CC(Cc3cc(C)cc(C)c3)S(=O)(=O)c3ccc(C)c(C(=O)O)c3)cc2)c1. The zero-order valence-electron chi connectivity index (χ0n) is 23.7. The summed E-state index contributed by atoms with van der Waals surface area (Å²) < 4.78 is 33.9. The van der Waals surface area contributed by atoms with Crippen LogP contribution in [0.2, 0.25) is 0 Å². The first-order valence-corrected chi connectivity index (χ1v) is 14.9. The molecule has 6 heteroatoms. The van der Waals surface area contributed by atoms with Crippen molar-refractivity contribution in [1.82, 2.24) is 0 Å². The molecule has 0 aliphatic carbocycles. The molecule has 0 amide bonds. The number of carboxylic acids is 1. The summed E-state index contributed by atoms with van der Waals surface area (Å²) in [6, 6.07) is 24.3. The Balaban J connectivity index is 1.61. The van der Waals surface area contributed by atoms with Crippen LogP contribution >= 0.6 is 0 Å². The number of sulfone groups is 1. The van der Waals surface area contributed by atoms with Crippen molar-refractivity contribution in [2.45, 2.75) is 64.2 Å². The first-order valence-electron chi connectivity index (χ1n) is 13.3. The largest absolute Gasteiger partial charge is 0.489 e. The van der Waals surface area contributed by atoms with E-state index in [0.29, 0.717) is 24.3 Å². The second-order valence-electron chi connectivity index (χ2n) is 10.8. The van der Waals surface area contributed by atoms with Gasteiger partial charge in [0, 0.05) is 0 Å². The summed E-state index contributed by atoms with van der Waals surface area (Å²) in [5.41, 5.74) is 7.93. The standard InChI is InChI=1S/C34H36O5S/c1-22-12-23(2)15-28(14-22)19-32(40(37,38)31-11-6-26(5)33(20-31)34(35)36)18-27-7-9-30(10-8-27)39-21-29-16-24(3)13-25(4)17-29/h6-17,20,32H,18-19,21H2,1-5H3,(H,35,36). The van der Waals surface area contributed by atoms with Crippen LogP contribution in [0.25, 0.3) is 0 Å². The molecule has 40 heavy (non-hydrogen) atoms. The molecule has 0 spiro atoms. The first kappa shape index (κ1) is 29.1. The fourth-order valence-corrected chi connectivity index (χ4v) is 6.99. The van der Waals surface area contributed by atoms with Gasteiger partial charge in [-0.2, -0.15) is 0 Å². The Morgan fingerprint density at radius 3 is 1.77 bits per heavy atom. The van der Waals surface area contributed by atoms with Crippen LogP contribution in [0.5, 0.6) is 5.75 Å². The van der Waals surface area contributed by atoms with E-state index >= 15 is 0 Å². The third-order valence-electron chi connectivity index (χ3n) is 7.03. The summed E-state index contributed by atoms with van der Waals surface area (Å²) in [5.74, 6) is -0.432. The van der Waals surface area contributed by atoms with Crippen LogP contribution in [-0.4, -0.2) is 24.7 Å². The van der Waals surface area contributed by atoms with Crippen LogP contribution in [0.4, 0.5) is 0 Å². The zero-order valence-corrected chi connectivity index (χ0v) is 24.5. The van der Waals surface area contributed by atoms with E-state index < -0.39 is 21.1 Å². The number of hydrogen-bond donors (Lipinski definition) is 1. The maximum atomic E-state index is 14.0. The van der Waals surface area contributed by atoms with Crippen molar-refractivity contribution in [1.29, 1.82) is 0 Å². The lowest BCUT2D eigenvalue weighted by Crippen LogP contribution is -2.27. The van der Waals surface area contributed by atoms with Crippen molar-refractivity contribution in [3.63, 3.8) is 0 Å². The molecular formula is C34H36O5S. The lowest BCUT2D eigenvalue weighted by Gasteiger charge is -2.20. The van der Waals surface area contributed by atoms with Gasteiger partial charge >= 0.3 is 5.97 Å². The monoisotopic (exact) mass is 556 g/mol. The number of aryl methyl sites for hydroxylation is 5. The Kier molecular flexibility index (Phi) is 8.79. The van der Waals surface area contributed by atoms with Crippen molar-refractivity contribution in [2.24, 2.45) is 0 Å². The maximum absolute atomic E-state index is 14.0. The molecule has 0 bridgehead atoms. The minimum absolute atomic E-state index is 0.00321. The lowest BCUT2D eigenvalue weighted by molar-refractivity contribution is 0.0696. The second-order valence-corrected chi connectivity index (χ2v) is 13.0. The molecule has 0 saturated carbocycles. The Labute approximate surface area is 237 Å². The molecule has 1 N–H and O–H groups in total. The van der Waals surface area contributed by atoms with Gasteiger partial charge in [-0.1, -0.05) is 76.9 Å². The van der Waals surface area contributed by atoms with E-state index in [1.807, 2.05) is 50.2 Å². The van der Waals surface area contributed by atoms with Gasteiger partial charge in [0.2, 0.25) is 0 Å². The van der Waals surface area contributed by atoms with Gasteiger partial charge in [0.15, 0.2) is 9.84 Å². The third kappa shape index (κ3) is 7.19. The van der Waals surface area contributed by atoms with Crippen molar-refractivity contribution in [3.8, 4) is 5.75 Å². The minimum Gasteiger partial charge on any atom is -0.489 e. The Bertz CT molecular complexity index is 1600. The van der Waals surface area contributed by atoms with Gasteiger partial charge in [-0.15, -0.1) is 0 Å². The van der Waals surface area contributed by atoms with E-state index in [4.69, 9.17) is 4.74 Å². The highest BCUT2D eigenvalue weighted by Gasteiger charge is 2.29.